The van der Waals surface area contributed by atoms with Crippen molar-refractivity contribution in [3.63, 3.8) is 0 Å². The van der Waals surface area contributed by atoms with E-state index in [4.69, 9.17) is 4.74 Å². The van der Waals surface area contributed by atoms with Gasteiger partial charge in [0.25, 0.3) is 5.91 Å². The van der Waals surface area contributed by atoms with Crippen molar-refractivity contribution < 1.29 is 9.53 Å². The Morgan fingerprint density at radius 2 is 2.09 bits per heavy atom. The molecule has 110 valence electrons. The number of anilines is 2. The molecule has 1 amide bonds. The van der Waals surface area contributed by atoms with Crippen molar-refractivity contribution in [2.24, 2.45) is 0 Å². The van der Waals surface area contributed by atoms with Gasteiger partial charge in [-0.2, -0.15) is 0 Å². The Morgan fingerprint density at radius 1 is 1.23 bits per heavy atom. The third-order valence-electron chi connectivity index (χ3n) is 4.10. The van der Waals surface area contributed by atoms with E-state index >= 15 is 0 Å². The average Bonchev–Trinajstić information content (AvgIpc) is 2.84. The van der Waals surface area contributed by atoms with Crippen LogP contribution < -0.4 is 15.0 Å². The van der Waals surface area contributed by atoms with E-state index in [0.717, 1.165) is 34.8 Å². The van der Waals surface area contributed by atoms with E-state index in [-0.39, 0.29) is 5.91 Å². The molecule has 2 heterocycles. The number of nitrogens with zero attached hydrogens (tertiary/aromatic N) is 1. The average molecular weight is 292 g/mol. The largest absolute Gasteiger partial charge is 0.490 e. The normalized spacial score (nSPS) is 17.8. The predicted octanol–water partition coefficient (Wildman–Crippen LogP) is 3.01. The van der Waals surface area contributed by atoms with Crippen LogP contribution in [0.4, 0.5) is 11.4 Å². The summed E-state index contributed by atoms with van der Waals surface area (Å²) in [5.41, 5.74) is 4.57. The van der Waals surface area contributed by atoms with Crippen LogP contribution in [0.2, 0.25) is 0 Å². The summed E-state index contributed by atoms with van der Waals surface area (Å²) >= 11 is 0. The Bertz CT molecular complexity index is 795. The lowest BCUT2D eigenvalue weighted by Gasteiger charge is -2.27. The summed E-state index contributed by atoms with van der Waals surface area (Å²) < 4.78 is 5.72. The van der Waals surface area contributed by atoms with E-state index in [0.29, 0.717) is 12.2 Å². The third-order valence-corrected chi connectivity index (χ3v) is 4.10. The van der Waals surface area contributed by atoms with Crippen LogP contribution >= 0.6 is 0 Å². The van der Waals surface area contributed by atoms with Crippen LogP contribution in [0, 0.1) is 0 Å². The third kappa shape index (κ3) is 2.04. The van der Waals surface area contributed by atoms with Crippen LogP contribution in [-0.2, 0) is 4.79 Å². The lowest BCUT2D eigenvalue weighted by Crippen LogP contribution is -2.28. The zero-order valence-electron chi connectivity index (χ0n) is 12.3. The lowest BCUT2D eigenvalue weighted by atomic mass is 10.0. The number of carbonyl (C=O) groups excluding carboxylic acids is 1. The molecule has 0 radical (unpaired) electrons. The molecule has 0 atom stereocenters. The lowest BCUT2D eigenvalue weighted by molar-refractivity contribution is -0.110. The Morgan fingerprint density at radius 3 is 3.00 bits per heavy atom. The molecular formula is C18H16N2O2. The minimum absolute atomic E-state index is 0.0584. The summed E-state index contributed by atoms with van der Waals surface area (Å²) in [6.45, 7) is 1.58. The topological polar surface area (TPSA) is 41.6 Å². The number of carbonyl (C=O) groups is 1. The molecule has 2 aliphatic rings. The van der Waals surface area contributed by atoms with Gasteiger partial charge in [0.1, 0.15) is 12.4 Å². The first-order valence-corrected chi connectivity index (χ1v) is 7.33. The number of para-hydroxylation sites is 1. The van der Waals surface area contributed by atoms with Gasteiger partial charge in [-0.15, -0.1) is 0 Å². The maximum Gasteiger partial charge on any atom is 0.256 e. The molecule has 22 heavy (non-hydrogen) atoms. The standard InChI is InChI=1S/C18H16N2O2/c1-20-8-9-22-17-11-12(6-7-16(17)20)10-14-13-4-2-3-5-15(13)19-18(14)21/h2-7,10-11H,8-9H2,1H3,(H,19,21)/b14-10-. The summed E-state index contributed by atoms with van der Waals surface area (Å²) in [6.07, 6.45) is 1.92. The quantitative estimate of drug-likeness (QED) is 0.822. The van der Waals surface area contributed by atoms with E-state index in [1.807, 2.05) is 48.5 Å². The van der Waals surface area contributed by atoms with Gasteiger partial charge in [-0.25, -0.2) is 0 Å². The van der Waals surface area contributed by atoms with Crippen LogP contribution in [0.15, 0.2) is 42.5 Å². The first-order valence-electron chi connectivity index (χ1n) is 7.33. The van der Waals surface area contributed by atoms with Gasteiger partial charge in [-0.05, 0) is 29.8 Å². The molecule has 4 heteroatoms. The van der Waals surface area contributed by atoms with Crippen LogP contribution in [0.1, 0.15) is 11.1 Å². The molecule has 2 aromatic carbocycles. The highest BCUT2D eigenvalue weighted by Gasteiger charge is 2.23. The summed E-state index contributed by atoms with van der Waals surface area (Å²) in [5.74, 6) is 0.812. The fourth-order valence-corrected chi connectivity index (χ4v) is 2.91. The second kappa shape index (κ2) is 4.91. The van der Waals surface area contributed by atoms with Crippen molar-refractivity contribution >= 4 is 28.9 Å². The monoisotopic (exact) mass is 292 g/mol. The molecule has 2 aliphatic heterocycles. The first-order chi connectivity index (χ1) is 10.7. The van der Waals surface area contributed by atoms with Crippen molar-refractivity contribution in [3.8, 4) is 5.75 Å². The summed E-state index contributed by atoms with van der Waals surface area (Å²) in [6, 6.07) is 13.8. The number of benzene rings is 2. The fourth-order valence-electron chi connectivity index (χ4n) is 2.91. The second-order valence-electron chi connectivity index (χ2n) is 5.55. The molecular weight excluding hydrogens is 276 g/mol. The zero-order valence-corrected chi connectivity index (χ0v) is 12.3. The SMILES string of the molecule is CN1CCOc2cc(/C=C3\C(=O)Nc4ccccc43)ccc21. The van der Waals surface area contributed by atoms with E-state index in [9.17, 15) is 4.79 Å². The predicted molar refractivity (Wildman–Crippen MR) is 88.1 cm³/mol. The Kier molecular flexibility index (Phi) is 2.89. The highest BCUT2D eigenvalue weighted by Crippen LogP contribution is 2.35. The van der Waals surface area contributed by atoms with Crippen molar-refractivity contribution in [3.05, 3.63) is 53.6 Å². The van der Waals surface area contributed by atoms with Crippen molar-refractivity contribution in [2.45, 2.75) is 0 Å². The van der Waals surface area contributed by atoms with Gasteiger partial charge in [-0.1, -0.05) is 24.3 Å². The van der Waals surface area contributed by atoms with Crippen LogP contribution in [0.5, 0.6) is 5.75 Å². The van der Waals surface area contributed by atoms with Crippen molar-refractivity contribution in [1.29, 1.82) is 0 Å². The maximum absolute atomic E-state index is 12.2. The highest BCUT2D eigenvalue weighted by atomic mass is 16.5. The number of nitrogens with one attached hydrogen (secondary N) is 1. The molecule has 0 saturated carbocycles. The van der Waals surface area contributed by atoms with E-state index in [2.05, 4.69) is 17.3 Å². The van der Waals surface area contributed by atoms with Crippen LogP contribution in [0.3, 0.4) is 0 Å². The molecule has 0 aromatic heterocycles. The number of fused-ring (bicyclic) bond motifs is 2. The first kappa shape index (κ1) is 13.0. The van der Waals surface area contributed by atoms with E-state index in [1.54, 1.807) is 0 Å². The highest BCUT2D eigenvalue weighted by molar-refractivity contribution is 6.34. The fraction of sp³-hybridized carbons (Fsp3) is 0.167. The number of hydrogen-bond donors (Lipinski definition) is 1. The van der Waals surface area contributed by atoms with Crippen molar-refractivity contribution in [1.82, 2.24) is 0 Å². The minimum atomic E-state index is -0.0584. The number of rotatable bonds is 1. The Balaban J connectivity index is 1.76. The van der Waals surface area contributed by atoms with Gasteiger partial charge in [0.05, 0.1) is 12.2 Å². The molecule has 4 rings (SSSR count). The molecule has 0 bridgehead atoms. The molecule has 0 spiro atoms. The van der Waals surface area contributed by atoms with Crippen LogP contribution in [-0.4, -0.2) is 26.1 Å². The molecule has 0 aliphatic carbocycles. The van der Waals surface area contributed by atoms with Gasteiger partial charge < -0.3 is 15.0 Å². The smallest absolute Gasteiger partial charge is 0.256 e. The van der Waals surface area contributed by atoms with Gasteiger partial charge >= 0.3 is 0 Å². The molecule has 1 N–H and O–H groups in total. The van der Waals surface area contributed by atoms with Gasteiger partial charge in [0, 0.05) is 23.9 Å². The van der Waals surface area contributed by atoms with Crippen LogP contribution in [0.25, 0.3) is 11.6 Å². The summed E-state index contributed by atoms with van der Waals surface area (Å²) in [7, 11) is 2.06. The second-order valence-corrected chi connectivity index (χ2v) is 5.55. The van der Waals surface area contributed by atoms with Crippen molar-refractivity contribution in [2.75, 3.05) is 30.4 Å². The van der Waals surface area contributed by atoms with Gasteiger partial charge in [0.15, 0.2) is 0 Å². The number of hydrogen-bond acceptors (Lipinski definition) is 3. The minimum Gasteiger partial charge on any atom is -0.490 e. The molecule has 0 fully saturated rings. The number of ether oxygens (including phenoxy) is 1. The maximum atomic E-state index is 12.2. The van der Waals surface area contributed by atoms with Gasteiger partial charge in [0.2, 0.25) is 0 Å². The van der Waals surface area contributed by atoms with Gasteiger partial charge in [-0.3, -0.25) is 4.79 Å². The summed E-state index contributed by atoms with van der Waals surface area (Å²) in [4.78, 5) is 14.3. The number of amides is 1. The molecule has 4 nitrogen and oxygen atoms in total. The molecule has 0 unspecified atom stereocenters. The zero-order chi connectivity index (χ0) is 15.1. The number of likely N-dealkylation sites (N-methyl/N-ethyl adjacent to an activating group) is 1. The van der Waals surface area contributed by atoms with E-state index < -0.39 is 0 Å². The molecule has 0 saturated heterocycles. The Labute approximate surface area is 129 Å². The Hall–Kier alpha value is -2.75. The van der Waals surface area contributed by atoms with E-state index in [1.165, 1.54) is 0 Å². The molecule has 2 aromatic rings. The summed E-state index contributed by atoms with van der Waals surface area (Å²) in [5, 5.41) is 2.89.